The van der Waals surface area contributed by atoms with Crippen molar-refractivity contribution in [2.75, 3.05) is 26.5 Å². The minimum Gasteiger partial charge on any atom is -0.497 e. The van der Waals surface area contributed by atoms with Gasteiger partial charge in [0, 0.05) is 17.9 Å². The zero-order valence-corrected chi connectivity index (χ0v) is 11.7. The molecule has 0 saturated carbocycles. The molecule has 1 N–H and O–H groups in total. The maximum Gasteiger partial charge on any atom is 0.119 e. The van der Waals surface area contributed by atoms with Crippen LogP contribution in [0.25, 0.3) is 0 Å². The molecular weight excluding hydrogens is 236 g/mol. The zero-order valence-electron chi connectivity index (χ0n) is 11.7. The fourth-order valence-corrected chi connectivity index (χ4v) is 1.97. The van der Waals surface area contributed by atoms with Gasteiger partial charge in [-0.25, -0.2) is 0 Å². The number of rotatable bonds is 5. The van der Waals surface area contributed by atoms with Crippen molar-refractivity contribution >= 4 is 11.4 Å². The van der Waals surface area contributed by atoms with Crippen LogP contribution in [-0.4, -0.2) is 26.1 Å². The molecule has 0 aliphatic rings. The normalized spacial score (nSPS) is 10.5. The van der Waals surface area contributed by atoms with Crippen molar-refractivity contribution in [3.05, 3.63) is 54.1 Å². The number of para-hydroxylation sites is 1. The summed E-state index contributed by atoms with van der Waals surface area (Å²) in [6.07, 6.45) is 0. The Kier molecular flexibility index (Phi) is 4.42. The molecule has 0 aliphatic carbocycles. The molecule has 3 heteroatoms. The minimum atomic E-state index is 0.867. The van der Waals surface area contributed by atoms with Gasteiger partial charge in [-0.3, -0.25) is 0 Å². The Morgan fingerprint density at radius 3 is 2.42 bits per heavy atom. The molecule has 0 radical (unpaired) electrons. The Labute approximate surface area is 114 Å². The van der Waals surface area contributed by atoms with Crippen LogP contribution in [0.4, 0.5) is 11.4 Å². The topological polar surface area (TPSA) is 24.5 Å². The van der Waals surface area contributed by atoms with Crippen LogP contribution in [0, 0.1) is 0 Å². The molecule has 0 bridgehead atoms. The van der Waals surface area contributed by atoms with Crippen molar-refractivity contribution in [2.24, 2.45) is 0 Å². The van der Waals surface area contributed by atoms with Gasteiger partial charge in [0.05, 0.1) is 7.11 Å². The minimum absolute atomic E-state index is 0.867. The van der Waals surface area contributed by atoms with Gasteiger partial charge in [-0.1, -0.05) is 18.2 Å². The van der Waals surface area contributed by atoms with Crippen LogP contribution in [0.1, 0.15) is 5.56 Å². The zero-order chi connectivity index (χ0) is 13.7. The van der Waals surface area contributed by atoms with Crippen molar-refractivity contribution in [3.8, 4) is 5.75 Å². The lowest BCUT2D eigenvalue weighted by molar-refractivity contribution is 0.396. The SMILES string of the molecule is COc1ccc(Nc2ccccc2)c(CN(C)C)c1. The second kappa shape index (κ2) is 6.25. The lowest BCUT2D eigenvalue weighted by Gasteiger charge is -2.16. The highest BCUT2D eigenvalue weighted by Crippen LogP contribution is 2.26. The fourth-order valence-electron chi connectivity index (χ4n) is 1.97. The molecular formula is C16H20N2O. The molecule has 2 rings (SSSR count). The standard InChI is InChI=1S/C16H20N2O/c1-18(2)12-13-11-15(19-3)9-10-16(13)17-14-7-5-4-6-8-14/h4-11,17H,12H2,1-3H3. The molecule has 0 atom stereocenters. The number of hydrogen-bond acceptors (Lipinski definition) is 3. The summed E-state index contributed by atoms with van der Waals surface area (Å²) >= 11 is 0. The molecule has 19 heavy (non-hydrogen) atoms. The van der Waals surface area contributed by atoms with Gasteiger partial charge >= 0.3 is 0 Å². The number of ether oxygens (including phenoxy) is 1. The van der Waals surface area contributed by atoms with Crippen LogP contribution in [-0.2, 0) is 6.54 Å². The molecule has 0 fully saturated rings. The van der Waals surface area contributed by atoms with Gasteiger partial charge in [0.2, 0.25) is 0 Å². The van der Waals surface area contributed by atoms with E-state index in [2.05, 4.69) is 48.6 Å². The largest absolute Gasteiger partial charge is 0.497 e. The first kappa shape index (κ1) is 13.4. The molecule has 0 amide bonds. The average molecular weight is 256 g/mol. The monoisotopic (exact) mass is 256 g/mol. The van der Waals surface area contributed by atoms with E-state index in [1.54, 1.807) is 7.11 Å². The molecule has 0 heterocycles. The maximum absolute atomic E-state index is 5.30. The highest BCUT2D eigenvalue weighted by atomic mass is 16.5. The van der Waals surface area contributed by atoms with Crippen molar-refractivity contribution < 1.29 is 4.74 Å². The Balaban J connectivity index is 2.28. The maximum atomic E-state index is 5.30. The van der Waals surface area contributed by atoms with E-state index >= 15 is 0 Å². The van der Waals surface area contributed by atoms with Gasteiger partial charge in [0.15, 0.2) is 0 Å². The number of hydrogen-bond donors (Lipinski definition) is 1. The lowest BCUT2D eigenvalue weighted by Crippen LogP contribution is -2.12. The lowest BCUT2D eigenvalue weighted by atomic mass is 10.1. The van der Waals surface area contributed by atoms with Crippen LogP contribution in [0.15, 0.2) is 48.5 Å². The molecule has 3 nitrogen and oxygen atoms in total. The van der Waals surface area contributed by atoms with Gasteiger partial charge < -0.3 is 15.0 Å². The van der Waals surface area contributed by atoms with Gasteiger partial charge in [0.1, 0.15) is 5.75 Å². The predicted molar refractivity (Wildman–Crippen MR) is 80.1 cm³/mol. The van der Waals surface area contributed by atoms with Crippen molar-refractivity contribution in [1.29, 1.82) is 0 Å². The van der Waals surface area contributed by atoms with E-state index < -0.39 is 0 Å². The van der Waals surface area contributed by atoms with E-state index in [1.165, 1.54) is 5.56 Å². The van der Waals surface area contributed by atoms with Crippen LogP contribution in [0.3, 0.4) is 0 Å². The van der Waals surface area contributed by atoms with E-state index in [0.29, 0.717) is 0 Å². The molecule has 2 aromatic carbocycles. The summed E-state index contributed by atoms with van der Waals surface area (Å²) in [6.45, 7) is 0.867. The number of anilines is 2. The van der Waals surface area contributed by atoms with Crippen LogP contribution in [0.5, 0.6) is 5.75 Å². The first-order valence-electron chi connectivity index (χ1n) is 6.33. The Morgan fingerprint density at radius 2 is 1.79 bits per heavy atom. The smallest absolute Gasteiger partial charge is 0.119 e. The van der Waals surface area contributed by atoms with Crippen molar-refractivity contribution in [2.45, 2.75) is 6.54 Å². The third kappa shape index (κ3) is 3.73. The van der Waals surface area contributed by atoms with E-state index in [4.69, 9.17) is 4.74 Å². The number of methoxy groups -OCH3 is 1. The van der Waals surface area contributed by atoms with E-state index in [9.17, 15) is 0 Å². The third-order valence-electron chi connectivity index (χ3n) is 2.85. The van der Waals surface area contributed by atoms with E-state index in [-0.39, 0.29) is 0 Å². The molecule has 0 spiro atoms. The van der Waals surface area contributed by atoms with Crippen LogP contribution < -0.4 is 10.1 Å². The van der Waals surface area contributed by atoms with Crippen LogP contribution >= 0.6 is 0 Å². The summed E-state index contributed by atoms with van der Waals surface area (Å²) < 4.78 is 5.30. The average Bonchev–Trinajstić information content (AvgIpc) is 2.41. The molecule has 2 aromatic rings. The second-order valence-electron chi connectivity index (χ2n) is 4.75. The van der Waals surface area contributed by atoms with Crippen molar-refractivity contribution in [1.82, 2.24) is 4.90 Å². The summed E-state index contributed by atoms with van der Waals surface area (Å²) in [7, 11) is 5.82. The Bertz CT molecular complexity index is 524. The van der Waals surface area contributed by atoms with E-state index in [1.807, 2.05) is 24.3 Å². The highest BCUT2D eigenvalue weighted by Gasteiger charge is 2.06. The molecule has 0 unspecified atom stereocenters. The predicted octanol–water partition coefficient (Wildman–Crippen LogP) is 3.50. The summed E-state index contributed by atoms with van der Waals surface area (Å²) in [5.41, 5.74) is 3.42. The van der Waals surface area contributed by atoms with Gasteiger partial charge in [-0.15, -0.1) is 0 Å². The summed E-state index contributed by atoms with van der Waals surface area (Å²) in [5.74, 6) is 0.885. The van der Waals surface area contributed by atoms with E-state index in [0.717, 1.165) is 23.7 Å². The number of nitrogens with one attached hydrogen (secondary N) is 1. The molecule has 0 saturated heterocycles. The highest BCUT2D eigenvalue weighted by molar-refractivity contribution is 5.64. The second-order valence-corrected chi connectivity index (χ2v) is 4.75. The van der Waals surface area contributed by atoms with Gasteiger partial charge in [-0.2, -0.15) is 0 Å². The molecule has 100 valence electrons. The Morgan fingerprint density at radius 1 is 1.05 bits per heavy atom. The number of nitrogens with zero attached hydrogens (tertiary/aromatic N) is 1. The fraction of sp³-hybridized carbons (Fsp3) is 0.250. The van der Waals surface area contributed by atoms with Crippen LogP contribution in [0.2, 0.25) is 0 Å². The first-order valence-corrected chi connectivity index (χ1v) is 6.33. The van der Waals surface area contributed by atoms with Gasteiger partial charge in [0.25, 0.3) is 0 Å². The number of benzene rings is 2. The Hall–Kier alpha value is -2.00. The first-order chi connectivity index (χ1) is 9.19. The van der Waals surface area contributed by atoms with Gasteiger partial charge in [-0.05, 0) is 50.0 Å². The molecule has 0 aromatic heterocycles. The third-order valence-corrected chi connectivity index (χ3v) is 2.85. The van der Waals surface area contributed by atoms with Crippen molar-refractivity contribution in [3.63, 3.8) is 0 Å². The summed E-state index contributed by atoms with van der Waals surface area (Å²) in [6, 6.07) is 16.3. The summed E-state index contributed by atoms with van der Waals surface area (Å²) in [4.78, 5) is 2.14. The quantitative estimate of drug-likeness (QED) is 0.886. The summed E-state index contributed by atoms with van der Waals surface area (Å²) in [5, 5.41) is 3.45. The molecule has 0 aliphatic heterocycles.